The maximum absolute atomic E-state index is 12.9. The molecule has 0 saturated carbocycles. The molecule has 0 radical (unpaired) electrons. The Hall–Kier alpha value is -7.28. The molecule has 2 aliphatic heterocycles. The number of ketones is 1. The van der Waals surface area contributed by atoms with Gasteiger partial charge in [0.15, 0.2) is 5.71 Å². The number of carbonyl (C=O) groups is 2. The zero-order valence-corrected chi connectivity index (χ0v) is 58.2. The van der Waals surface area contributed by atoms with Gasteiger partial charge in [0.1, 0.15) is 12.3 Å². The minimum Gasteiger partial charge on any atom is -0.385 e. The first-order valence-electron chi connectivity index (χ1n) is 33.1. The number of benzene rings is 5. The Morgan fingerprint density at radius 3 is 2.05 bits per heavy atom. The highest BCUT2D eigenvalue weighted by Gasteiger charge is 2.45. The molecule has 0 aromatic heterocycles. The number of sulfonamides is 1. The molecule has 19 nitrogen and oxygen atoms in total. The number of nitrogens with two attached hydrogens (primary N) is 1. The van der Waals surface area contributed by atoms with Gasteiger partial charge in [-0.3, -0.25) is 18.7 Å². The zero-order valence-electron chi connectivity index (χ0n) is 55.7. The summed E-state index contributed by atoms with van der Waals surface area (Å²) in [4.78, 5) is 27.6. The number of anilines is 2. The van der Waals surface area contributed by atoms with Crippen LogP contribution >= 0.6 is 0 Å². The van der Waals surface area contributed by atoms with Gasteiger partial charge < -0.3 is 25.0 Å². The second kappa shape index (κ2) is 33.6. The van der Waals surface area contributed by atoms with Crippen molar-refractivity contribution in [2.75, 3.05) is 68.6 Å². The van der Waals surface area contributed by atoms with Gasteiger partial charge in [0.05, 0.1) is 52.2 Å². The third-order valence-electron chi connectivity index (χ3n) is 17.7. The van der Waals surface area contributed by atoms with Gasteiger partial charge in [0, 0.05) is 92.1 Å². The number of azo groups is 1. The summed E-state index contributed by atoms with van der Waals surface area (Å²) in [5.74, 6) is -0.265. The highest BCUT2D eigenvalue weighted by molar-refractivity contribution is 7.89. The molecule has 510 valence electrons. The number of fused-ring (bicyclic) bond motifs is 2. The molecule has 0 spiro atoms. The average molecular weight is 1360 g/mol. The van der Waals surface area contributed by atoms with Gasteiger partial charge in [-0.2, -0.15) is 31.6 Å². The van der Waals surface area contributed by atoms with Gasteiger partial charge in [0.2, 0.25) is 21.6 Å². The maximum atomic E-state index is 12.9. The first-order valence-corrected chi connectivity index (χ1v) is 37.7. The molecular formula is C73H94N7O12S3+. The Bertz CT molecular complexity index is 4060. The number of amides is 1. The zero-order chi connectivity index (χ0) is 68.4. The van der Waals surface area contributed by atoms with Gasteiger partial charge in [0.25, 0.3) is 20.2 Å². The van der Waals surface area contributed by atoms with E-state index in [0.717, 1.165) is 104 Å². The van der Waals surface area contributed by atoms with Crippen LogP contribution in [0, 0.1) is 6.92 Å². The van der Waals surface area contributed by atoms with Gasteiger partial charge >= 0.3 is 0 Å². The summed E-state index contributed by atoms with van der Waals surface area (Å²) in [6, 6.07) is 33.2. The van der Waals surface area contributed by atoms with E-state index in [1.807, 2.05) is 26.0 Å². The van der Waals surface area contributed by atoms with Crippen LogP contribution in [0.3, 0.4) is 0 Å². The minimum absolute atomic E-state index is 0.00375. The van der Waals surface area contributed by atoms with Gasteiger partial charge in [-0.25, -0.2) is 13.6 Å². The molecule has 0 saturated heterocycles. The van der Waals surface area contributed by atoms with E-state index < -0.39 is 35.7 Å². The molecule has 0 bridgehead atoms. The predicted molar refractivity (Wildman–Crippen MR) is 376 cm³/mol. The molecule has 8 rings (SSSR count). The quantitative estimate of drug-likeness (QED) is 0.0108. The van der Waals surface area contributed by atoms with Crippen LogP contribution in [-0.4, -0.2) is 115 Å². The number of ether oxygens (including phenoxy) is 2. The number of rotatable bonds is 36. The number of nitrogens with zero attached hydrogens (tertiary/aromatic N) is 4. The van der Waals surface area contributed by atoms with Crippen LogP contribution in [0.5, 0.6) is 0 Å². The number of unbranched alkanes of at least 4 members (excludes halogenated alkanes) is 4. The van der Waals surface area contributed by atoms with E-state index in [1.165, 1.54) is 70.0 Å². The third-order valence-corrected chi connectivity index (χ3v) is 20.3. The lowest BCUT2D eigenvalue weighted by molar-refractivity contribution is -0.438. The molecule has 1 aliphatic carbocycles. The summed E-state index contributed by atoms with van der Waals surface area (Å²) in [6.45, 7) is 16.8. The molecule has 95 heavy (non-hydrogen) atoms. The molecule has 1 amide bonds. The first kappa shape index (κ1) is 73.5. The summed E-state index contributed by atoms with van der Waals surface area (Å²) in [6.07, 6.45) is 20.0. The molecule has 0 fully saturated rings. The summed E-state index contributed by atoms with van der Waals surface area (Å²) in [5.41, 5.74) is 14.3. The number of nitrogens with one attached hydrogen (secondary N) is 2. The second-order valence-electron chi connectivity index (χ2n) is 25.7. The average Bonchev–Trinajstić information content (AvgIpc) is 1.60. The number of carbonyl (C=O) groups excluding carboxylic acids is 2. The van der Waals surface area contributed by atoms with Crippen LogP contribution in [0.1, 0.15) is 152 Å². The summed E-state index contributed by atoms with van der Waals surface area (Å²) in [5, 5.41) is 19.5. The summed E-state index contributed by atoms with van der Waals surface area (Å²) < 4.78 is 104. The van der Waals surface area contributed by atoms with E-state index in [0.29, 0.717) is 83.1 Å². The van der Waals surface area contributed by atoms with Crippen LogP contribution in [-0.2, 0) is 66.6 Å². The number of Topliss-reactive ketones (excluding diaryl/α,β-unsaturated/α-hetero) is 1. The Morgan fingerprint density at radius 1 is 0.684 bits per heavy atom. The lowest BCUT2D eigenvalue weighted by atomic mass is 9.79. The van der Waals surface area contributed by atoms with E-state index in [1.54, 1.807) is 18.2 Å². The first-order chi connectivity index (χ1) is 45.2. The predicted octanol–water partition coefficient (Wildman–Crippen LogP) is 14.1. The molecule has 0 atom stereocenters. The van der Waals surface area contributed by atoms with Crippen LogP contribution in [0.25, 0.3) is 5.57 Å². The van der Waals surface area contributed by atoms with Crippen molar-refractivity contribution in [1.29, 1.82) is 0 Å². The monoisotopic (exact) mass is 1360 g/mol. The topological polar surface area (TPSA) is 277 Å². The third kappa shape index (κ3) is 20.9. The molecule has 5 aromatic rings. The second-order valence-corrected chi connectivity index (χ2v) is 30.3. The fraction of sp³-hybridized carbons (Fsp3) is 0.438. The van der Waals surface area contributed by atoms with Crippen molar-refractivity contribution < 1.29 is 58.0 Å². The minimum atomic E-state index is -4.50. The van der Waals surface area contributed by atoms with Crippen molar-refractivity contribution in [3.05, 3.63) is 178 Å². The largest absolute Gasteiger partial charge is 0.385 e. The molecule has 0 unspecified atom stereocenters. The van der Waals surface area contributed by atoms with E-state index >= 15 is 0 Å². The number of hydrogen-bond acceptors (Lipinski definition) is 14. The number of aryl methyl sites for hydroxylation is 2. The summed E-state index contributed by atoms with van der Waals surface area (Å²) >= 11 is 0. The lowest BCUT2D eigenvalue weighted by Gasteiger charge is -2.28. The van der Waals surface area contributed by atoms with Crippen molar-refractivity contribution in [3.8, 4) is 0 Å². The lowest BCUT2D eigenvalue weighted by Crippen LogP contribution is -2.29. The normalized spacial score (nSPS) is 16.4. The molecule has 2 heterocycles. The van der Waals surface area contributed by atoms with E-state index in [-0.39, 0.29) is 45.5 Å². The van der Waals surface area contributed by atoms with Crippen molar-refractivity contribution in [2.24, 2.45) is 15.4 Å². The fourth-order valence-electron chi connectivity index (χ4n) is 12.6. The van der Waals surface area contributed by atoms with Gasteiger partial charge in [-0.05, 0) is 185 Å². The molecular weight excluding hydrogens is 1260 g/mol. The van der Waals surface area contributed by atoms with Crippen molar-refractivity contribution >= 4 is 81.7 Å². The summed E-state index contributed by atoms with van der Waals surface area (Å²) in [7, 11) is -12.4. The van der Waals surface area contributed by atoms with Crippen molar-refractivity contribution in [3.63, 3.8) is 0 Å². The number of hydrogen-bond donors (Lipinski definition) is 5. The highest BCUT2D eigenvalue weighted by Crippen LogP contribution is 2.49. The fourth-order valence-corrected chi connectivity index (χ4v) is 14.2. The van der Waals surface area contributed by atoms with Crippen LogP contribution < -0.4 is 20.7 Å². The van der Waals surface area contributed by atoms with E-state index in [9.17, 15) is 43.9 Å². The number of primary sulfonamides is 1. The van der Waals surface area contributed by atoms with Crippen molar-refractivity contribution in [2.45, 2.75) is 158 Å². The Morgan fingerprint density at radius 2 is 1.37 bits per heavy atom. The Labute approximate surface area is 562 Å². The number of allylic oxidation sites excluding steroid dienone is 8. The van der Waals surface area contributed by atoms with Crippen LogP contribution in [0.2, 0.25) is 0 Å². The Kier molecular flexibility index (Phi) is 26.0. The van der Waals surface area contributed by atoms with E-state index in [2.05, 4.69) is 125 Å². The van der Waals surface area contributed by atoms with Gasteiger partial charge in [-0.1, -0.05) is 87.7 Å². The SMILES string of the molecule is CCCCCN1C(=CC=C2CCCC(C=CC3=[N+](CCCCS(=O)(=O)O)c4ccc(S(=O)(=O)O)cc4C3(C)C)=C2c2ccc(CCCCC(=O)CCCOCCOCCNC(=O)CCNc3ccc(N=Nc4ccc(S(N)(=O)=O)cc4)cc3)cc2)C(C)(C)c2cc(C)ccc21. The highest BCUT2D eigenvalue weighted by atomic mass is 32.2. The molecule has 5 aromatic carbocycles. The molecule has 3 aliphatic rings. The smallest absolute Gasteiger partial charge is 0.294 e. The van der Waals surface area contributed by atoms with Gasteiger partial charge in [-0.15, -0.1) is 0 Å². The molecule has 22 heteroatoms. The maximum Gasteiger partial charge on any atom is 0.294 e. The van der Waals surface area contributed by atoms with E-state index in [4.69, 9.17) is 14.6 Å². The van der Waals surface area contributed by atoms with Crippen molar-refractivity contribution in [1.82, 2.24) is 5.32 Å². The van der Waals surface area contributed by atoms with Crippen LogP contribution in [0.4, 0.5) is 28.4 Å². The van der Waals surface area contributed by atoms with Crippen LogP contribution in [0.15, 0.2) is 170 Å². The Balaban J connectivity index is 0.829. The standard InChI is InChI=1S/C73H93N7O12S3/c1-7-8-11-44-79-66-37-21-53(2)51-64(66)72(3,4)68(79)39-26-55-17-14-18-56(27-40-69-73(5,6)65-52-63(95(88,89)90)36-38-67(65)80(69)45-12-13-50-93(83,84)85)71(55)57-24-22-54(23-25-57)16-9-10-19-61(81)20-15-46-91-48-49-92-47-43-76-70(82)41-42-75-58-28-30-59(31-29-58)77-78-60-32-34-62(35-33-60)94(74,86)87/h21-40,51-52H,7-20,41-50H2,1-6H3,(H5-,74,75,76,78,82,83,84,85,86,87,88,89,90)/p+1. The molecule has 6 N–H and O–H groups in total.